The van der Waals surface area contributed by atoms with Crippen LogP contribution in [-0.4, -0.2) is 69.7 Å². The highest BCUT2D eigenvalue weighted by Gasteiger charge is 2.53. The predicted molar refractivity (Wildman–Crippen MR) is 133 cm³/mol. The maximum atomic E-state index is 13.4. The summed E-state index contributed by atoms with van der Waals surface area (Å²) in [5.74, 6) is -1.51. The first-order valence-electron chi connectivity index (χ1n) is 12.3. The first kappa shape index (κ1) is 29.0. The molecule has 4 atom stereocenters. The summed E-state index contributed by atoms with van der Waals surface area (Å²) < 4.78 is 61.3. The Balaban J connectivity index is 2.30. The number of aliphatic hydroxyl groups is 2. The van der Waals surface area contributed by atoms with Crippen LogP contribution in [0.4, 0.5) is 0 Å². The zero-order chi connectivity index (χ0) is 30.9. The number of nitrogens with zero attached hydrogens (tertiary/aromatic N) is 1. The van der Waals surface area contributed by atoms with Crippen molar-refractivity contribution in [2.24, 2.45) is 10.8 Å². The molecule has 16 heteroatoms. The third kappa shape index (κ3) is 8.26. The van der Waals surface area contributed by atoms with E-state index in [2.05, 4.69) is 4.98 Å². The number of ether oxygens (including phenoxy) is 3. The summed E-state index contributed by atoms with van der Waals surface area (Å²) in [7, 11) is -5.06. The van der Waals surface area contributed by atoms with E-state index < -0.39 is 80.3 Å². The molecule has 0 spiro atoms. The van der Waals surface area contributed by atoms with Gasteiger partial charge in [0.05, 0.1) is 20.1 Å². The van der Waals surface area contributed by atoms with Gasteiger partial charge < -0.3 is 24.4 Å². The van der Waals surface area contributed by atoms with Gasteiger partial charge in [0.25, 0.3) is 5.56 Å². The number of esters is 2. The van der Waals surface area contributed by atoms with Gasteiger partial charge in [0.1, 0.15) is 17.8 Å². The number of aliphatic hydroxyl groups excluding tert-OH is 1. The van der Waals surface area contributed by atoms with Gasteiger partial charge in [-0.1, -0.05) is 0 Å². The average Bonchev–Trinajstić information content (AvgIpc) is 3.01. The quantitative estimate of drug-likeness (QED) is 0.157. The Morgan fingerprint density at radius 1 is 1.16 bits per heavy atom. The summed E-state index contributed by atoms with van der Waals surface area (Å²) in [5.41, 5.74) is -4.67. The minimum atomic E-state index is -5.06. The van der Waals surface area contributed by atoms with E-state index in [4.69, 9.17) is 42.7 Å². The lowest BCUT2D eigenvalue weighted by Gasteiger charge is -2.28. The van der Waals surface area contributed by atoms with Gasteiger partial charge in [-0.05, 0) is 60.7 Å². The topological polar surface area (TPSA) is 185 Å². The summed E-state index contributed by atoms with van der Waals surface area (Å²) >= 11 is 5.07. The van der Waals surface area contributed by atoms with E-state index in [0.717, 1.165) is 23.8 Å². The van der Waals surface area contributed by atoms with Crippen LogP contribution in [-0.2, 0) is 41.9 Å². The summed E-state index contributed by atoms with van der Waals surface area (Å²) in [4.78, 5) is 38.0. The third-order valence-electron chi connectivity index (χ3n) is 5.07. The minimum Gasteiger partial charge on any atom is -0.437 e. The normalized spacial score (nSPS) is 25.4. The molecule has 38 heavy (non-hydrogen) atoms. The second kappa shape index (κ2) is 12.0. The Hall–Kier alpha value is -1.97. The highest BCUT2D eigenvalue weighted by molar-refractivity contribution is 7.71. The monoisotopic (exact) mass is 584 g/mol. The molecule has 1 aromatic rings. The number of nitrogens with one attached hydrogen (secondary N) is 1. The summed E-state index contributed by atoms with van der Waals surface area (Å²) in [6.45, 7) is 5.17. The zero-order valence-electron chi connectivity index (χ0n) is 24.1. The number of rotatable bonds is 10. The number of hydrogen-bond acceptors (Lipinski definition) is 13. The predicted octanol–water partition coefficient (Wildman–Crippen LogP) is 2.17. The van der Waals surface area contributed by atoms with Gasteiger partial charge in [0, 0.05) is 12.3 Å². The van der Waals surface area contributed by atoms with Crippen LogP contribution in [0, 0.1) is 15.6 Å². The van der Waals surface area contributed by atoms with Crippen molar-refractivity contribution in [3.63, 3.8) is 0 Å². The number of carbonyl (C=O) groups is 2. The van der Waals surface area contributed by atoms with Gasteiger partial charge in [-0.2, -0.15) is 0 Å². The number of phosphoric acid groups is 1. The van der Waals surface area contributed by atoms with Crippen LogP contribution in [0.15, 0.2) is 17.1 Å². The maximum Gasteiger partial charge on any atom is 0.480 e. The Morgan fingerprint density at radius 3 is 2.11 bits per heavy atom. The van der Waals surface area contributed by atoms with Crippen molar-refractivity contribution < 1.29 is 54.9 Å². The Labute approximate surface area is 227 Å². The van der Waals surface area contributed by atoms with E-state index in [0.29, 0.717) is 0 Å². The fraction of sp³-hybridized carbons (Fsp3) is 0.727. The molecular weight excluding hydrogens is 547 g/mol. The summed E-state index contributed by atoms with van der Waals surface area (Å²) in [6, 6.07) is 1.06. The van der Waals surface area contributed by atoms with Crippen LogP contribution in [0.2, 0.25) is 0 Å². The molecule has 1 aliphatic rings. The lowest BCUT2D eigenvalue weighted by atomic mass is 9.96. The molecule has 1 unspecified atom stereocenters. The molecule has 1 aromatic heterocycles. The smallest absolute Gasteiger partial charge is 0.437 e. The minimum absolute atomic E-state index is 0.203. The van der Waals surface area contributed by atoms with Crippen LogP contribution in [0.3, 0.4) is 0 Å². The molecule has 1 fully saturated rings. The standard InChI is InChI=1S/C22H35N2O12PS/c1-20(2,3)17(27)31-11-34-37(30,35-12-32-18(28)21(4,5)6)33-10-13-15(26)22(7,29)16(36-13)24-9-8-14(25)23-19(24)38/h8-9,13,15-16,26,29H,10-12H2,1-7H3,(H,23,25,38)/t13-,15+,16-,22?/m1/s1/i10D2. The maximum absolute atomic E-state index is 13.4. The molecule has 1 aliphatic heterocycles. The van der Waals surface area contributed by atoms with Crippen LogP contribution >= 0.6 is 20.0 Å². The van der Waals surface area contributed by atoms with E-state index >= 15 is 0 Å². The number of aromatic amines is 1. The molecule has 216 valence electrons. The van der Waals surface area contributed by atoms with Gasteiger partial charge in [-0.3, -0.25) is 28.5 Å². The van der Waals surface area contributed by atoms with E-state index in [1.54, 1.807) is 41.5 Å². The Bertz CT molecular complexity index is 1220. The van der Waals surface area contributed by atoms with Crippen molar-refractivity contribution in [3.05, 3.63) is 27.4 Å². The molecular formula is C22H35N2O12PS. The van der Waals surface area contributed by atoms with Crippen molar-refractivity contribution in [3.8, 4) is 0 Å². The number of carbonyl (C=O) groups excluding carboxylic acids is 2. The molecule has 14 nitrogen and oxygen atoms in total. The number of phosphoric ester groups is 1. The number of hydrogen-bond donors (Lipinski definition) is 3. The van der Waals surface area contributed by atoms with Crippen LogP contribution in [0.1, 0.15) is 57.4 Å². The van der Waals surface area contributed by atoms with Crippen molar-refractivity contribution in [1.29, 1.82) is 0 Å². The van der Waals surface area contributed by atoms with Gasteiger partial charge in [-0.15, -0.1) is 0 Å². The number of aromatic nitrogens is 2. The molecule has 1 saturated heterocycles. The van der Waals surface area contributed by atoms with Crippen molar-refractivity contribution in [2.75, 3.05) is 20.1 Å². The highest BCUT2D eigenvalue weighted by atomic mass is 32.1. The van der Waals surface area contributed by atoms with Gasteiger partial charge in [0.2, 0.25) is 13.6 Å². The van der Waals surface area contributed by atoms with Gasteiger partial charge >= 0.3 is 19.8 Å². The van der Waals surface area contributed by atoms with Crippen LogP contribution < -0.4 is 5.56 Å². The van der Waals surface area contributed by atoms with E-state index in [-0.39, 0.29) is 4.77 Å². The molecule has 2 heterocycles. The molecule has 0 aliphatic carbocycles. The number of H-pyrrole nitrogens is 1. The van der Waals surface area contributed by atoms with Gasteiger partial charge in [0.15, 0.2) is 11.0 Å². The first-order chi connectivity index (χ1) is 18.0. The van der Waals surface area contributed by atoms with Crippen LogP contribution in [0.5, 0.6) is 0 Å². The molecule has 2 rings (SSSR count). The SMILES string of the molecule is [2H]C([2H])(OP(=O)(OCOC(=O)C(C)(C)C)OCOC(=O)C(C)(C)C)[C@H]1O[C@@H](n2ccc(=O)[nH]c2=S)C(C)(O)[C@H]1O. The molecule has 0 aromatic carbocycles. The van der Waals surface area contributed by atoms with Crippen molar-refractivity contribution >= 4 is 32.0 Å². The fourth-order valence-electron chi connectivity index (χ4n) is 2.78. The van der Waals surface area contributed by atoms with E-state index in [9.17, 15) is 29.2 Å². The molecule has 0 bridgehead atoms. The second-order valence-electron chi connectivity index (χ2n) is 10.6. The molecule has 3 N–H and O–H groups in total. The summed E-state index contributed by atoms with van der Waals surface area (Å²) in [5, 5.41) is 21.7. The Morgan fingerprint density at radius 2 is 1.66 bits per heavy atom. The first-order valence-corrected chi connectivity index (χ1v) is 13.2. The lowest BCUT2D eigenvalue weighted by molar-refractivity contribution is -0.163. The largest absolute Gasteiger partial charge is 0.480 e. The van der Waals surface area contributed by atoms with Crippen molar-refractivity contribution in [1.82, 2.24) is 9.55 Å². The van der Waals surface area contributed by atoms with Crippen molar-refractivity contribution in [2.45, 2.75) is 72.5 Å². The molecule has 0 saturated carbocycles. The third-order valence-corrected chi connectivity index (χ3v) is 6.56. The summed E-state index contributed by atoms with van der Waals surface area (Å²) in [6.07, 6.45) is -4.41. The second-order valence-corrected chi connectivity index (χ2v) is 12.6. The molecule has 0 radical (unpaired) electrons. The zero-order valence-corrected chi connectivity index (χ0v) is 23.8. The highest BCUT2D eigenvalue weighted by Crippen LogP contribution is 2.51. The van der Waals surface area contributed by atoms with E-state index in [1.165, 1.54) is 0 Å². The average molecular weight is 585 g/mol. The van der Waals surface area contributed by atoms with Gasteiger partial charge in [-0.25, -0.2) is 13.6 Å². The van der Waals surface area contributed by atoms with Crippen LogP contribution in [0.25, 0.3) is 0 Å². The Kier molecular flexibility index (Phi) is 9.20. The van der Waals surface area contributed by atoms with E-state index in [1.807, 2.05) is 0 Å². The lowest BCUT2D eigenvalue weighted by Crippen LogP contribution is -2.44. The molecule has 0 amide bonds. The fourth-order valence-corrected chi connectivity index (χ4v) is 3.82.